The highest BCUT2D eigenvalue weighted by Crippen LogP contribution is 2.14. The van der Waals surface area contributed by atoms with E-state index < -0.39 is 0 Å². The summed E-state index contributed by atoms with van der Waals surface area (Å²) in [5, 5.41) is 10.1. The van der Waals surface area contributed by atoms with Crippen molar-refractivity contribution in [3.05, 3.63) is 60.3 Å². The fraction of sp³-hybridized carbons (Fsp3) is 0.348. The number of nitrogens with zero attached hydrogens (tertiary/aromatic N) is 4. The second-order valence-corrected chi connectivity index (χ2v) is 7.74. The maximum atomic E-state index is 12.0. The molecule has 1 fully saturated rings. The summed E-state index contributed by atoms with van der Waals surface area (Å²) in [5.41, 5.74) is 1.93. The standard InChI is InChI=1S/C23H29N7O/c1-29-12-14-30(15-13-29)22-9-6-18(16-26-22)17-27-23(31)25-11-10-24-21-8-7-19-4-2-3-5-20(19)28-21/h2-9,16H,10-15,17H2,1H3,(H,24,28)(H2,25,27,31). The van der Waals surface area contributed by atoms with Gasteiger partial charge in [-0.25, -0.2) is 14.8 Å². The average molecular weight is 420 g/mol. The van der Waals surface area contributed by atoms with Crippen LogP contribution in [0.15, 0.2) is 54.7 Å². The molecule has 3 N–H and O–H groups in total. The zero-order valence-corrected chi connectivity index (χ0v) is 17.8. The fourth-order valence-corrected chi connectivity index (χ4v) is 3.52. The molecule has 2 aromatic heterocycles. The van der Waals surface area contributed by atoms with Crippen molar-refractivity contribution >= 4 is 28.6 Å². The number of likely N-dealkylation sites (N-methyl/N-ethyl adjacent to an activating group) is 1. The van der Waals surface area contributed by atoms with Crippen molar-refractivity contribution in [1.29, 1.82) is 0 Å². The molecule has 1 aliphatic rings. The average Bonchev–Trinajstić information content (AvgIpc) is 2.81. The first-order chi connectivity index (χ1) is 15.2. The molecule has 1 aromatic carbocycles. The van der Waals surface area contributed by atoms with Gasteiger partial charge in [0.2, 0.25) is 0 Å². The summed E-state index contributed by atoms with van der Waals surface area (Å²) in [7, 11) is 2.14. The number of anilines is 2. The molecule has 2 amide bonds. The number of nitrogens with one attached hydrogen (secondary N) is 3. The molecule has 0 aliphatic carbocycles. The van der Waals surface area contributed by atoms with Crippen molar-refractivity contribution in [2.75, 3.05) is 56.5 Å². The number of amides is 2. The lowest BCUT2D eigenvalue weighted by Gasteiger charge is -2.33. The highest BCUT2D eigenvalue weighted by molar-refractivity contribution is 5.80. The number of piperazine rings is 1. The van der Waals surface area contributed by atoms with E-state index in [1.54, 1.807) is 0 Å². The van der Waals surface area contributed by atoms with Crippen LogP contribution in [0.2, 0.25) is 0 Å². The molecule has 3 aromatic rings. The number of rotatable bonds is 7. The van der Waals surface area contributed by atoms with E-state index in [1.165, 1.54) is 0 Å². The summed E-state index contributed by atoms with van der Waals surface area (Å²) in [5.74, 6) is 1.79. The van der Waals surface area contributed by atoms with Gasteiger partial charge in [-0.2, -0.15) is 0 Å². The lowest BCUT2D eigenvalue weighted by atomic mass is 10.2. The third kappa shape index (κ3) is 5.82. The normalized spacial score (nSPS) is 14.4. The van der Waals surface area contributed by atoms with E-state index in [1.807, 2.05) is 54.7 Å². The fourth-order valence-electron chi connectivity index (χ4n) is 3.52. The van der Waals surface area contributed by atoms with Gasteiger partial charge in [0, 0.05) is 57.4 Å². The molecule has 31 heavy (non-hydrogen) atoms. The Labute approximate surface area is 182 Å². The van der Waals surface area contributed by atoms with Crippen LogP contribution >= 0.6 is 0 Å². The summed E-state index contributed by atoms with van der Waals surface area (Å²) in [6.07, 6.45) is 1.83. The predicted octanol–water partition coefficient (Wildman–Crippen LogP) is 2.29. The molecule has 8 heteroatoms. The SMILES string of the molecule is CN1CCN(c2ccc(CNC(=O)NCCNc3ccc4ccccc4n3)cn2)CC1. The van der Waals surface area contributed by atoms with Crippen LogP contribution in [0.4, 0.5) is 16.4 Å². The van der Waals surface area contributed by atoms with Crippen molar-refractivity contribution in [3.63, 3.8) is 0 Å². The lowest BCUT2D eigenvalue weighted by Crippen LogP contribution is -2.44. The van der Waals surface area contributed by atoms with Gasteiger partial charge >= 0.3 is 6.03 Å². The Hall–Kier alpha value is -3.39. The van der Waals surface area contributed by atoms with Gasteiger partial charge in [0.1, 0.15) is 11.6 Å². The first-order valence-electron chi connectivity index (χ1n) is 10.7. The molecule has 162 valence electrons. The molecule has 0 atom stereocenters. The topological polar surface area (TPSA) is 85.4 Å². The first kappa shape index (κ1) is 20.9. The molecule has 0 bridgehead atoms. The van der Waals surface area contributed by atoms with Crippen LogP contribution in [-0.2, 0) is 6.54 Å². The summed E-state index contributed by atoms with van der Waals surface area (Å²) in [6.45, 7) is 5.63. The summed E-state index contributed by atoms with van der Waals surface area (Å²) in [4.78, 5) is 25.8. The van der Waals surface area contributed by atoms with E-state index >= 15 is 0 Å². The number of carbonyl (C=O) groups is 1. The highest BCUT2D eigenvalue weighted by Gasteiger charge is 2.14. The maximum absolute atomic E-state index is 12.0. The van der Waals surface area contributed by atoms with Crippen LogP contribution < -0.4 is 20.9 Å². The van der Waals surface area contributed by atoms with Crippen molar-refractivity contribution in [2.24, 2.45) is 0 Å². The number of pyridine rings is 2. The number of benzene rings is 1. The minimum Gasteiger partial charge on any atom is -0.368 e. The smallest absolute Gasteiger partial charge is 0.315 e. The highest BCUT2D eigenvalue weighted by atomic mass is 16.2. The molecule has 4 rings (SSSR count). The third-order valence-electron chi connectivity index (χ3n) is 5.40. The molecular formula is C23H29N7O. The van der Waals surface area contributed by atoms with Crippen LogP contribution in [-0.4, -0.2) is 67.2 Å². The summed E-state index contributed by atoms with van der Waals surface area (Å²) < 4.78 is 0. The van der Waals surface area contributed by atoms with E-state index in [0.29, 0.717) is 19.6 Å². The van der Waals surface area contributed by atoms with Gasteiger partial charge in [-0.1, -0.05) is 24.3 Å². The zero-order valence-electron chi connectivity index (χ0n) is 17.8. The first-order valence-corrected chi connectivity index (χ1v) is 10.7. The number of hydrogen-bond acceptors (Lipinski definition) is 6. The van der Waals surface area contributed by atoms with Gasteiger partial charge in [-0.3, -0.25) is 0 Å². The van der Waals surface area contributed by atoms with Gasteiger partial charge in [-0.15, -0.1) is 0 Å². The largest absolute Gasteiger partial charge is 0.368 e. The van der Waals surface area contributed by atoms with Crippen molar-refractivity contribution in [1.82, 2.24) is 25.5 Å². The minimum absolute atomic E-state index is 0.198. The molecule has 0 radical (unpaired) electrons. The van der Waals surface area contributed by atoms with Crippen molar-refractivity contribution in [3.8, 4) is 0 Å². The predicted molar refractivity (Wildman–Crippen MR) is 124 cm³/mol. The number of para-hydroxylation sites is 1. The van der Waals surface area contributed by atoms with Crippen LogP contribution in [0.3, 0.4) is 0 Å². The molecule has 0 unspecified atom stereocenters. The van der Waals surface area contributed by atoms with Crippen LogP contribution in [0.25, 0.3) is 10.9 Å². The minimum atomic E-state index is -0.198. The third-order valence-corrected chi connectivity index (χ3v) is 5.40. The molecule has 0 saturated carbocycles. The monoisotopic (exact) mass is 419 g/mol. The zero-order chi connectivity index (χ0) is 21.5. The van der Waals surface area contributed by atoms with Gasteiger partial charge in [0.05, 0.1) is 5.52 Å². The summed E-state index contributed by atoms with van der Waals surface area (Å²) >= 11 is 0. The number of hydrogen-bond donors (Lipinski definition) is 3. The molecule has 8 nitrogen and oxygen atoms in total. The van der Waals surface area contributed by atoms with Gasteiger partial charge in [-0.05, 0) is 36.9 Å². The van der Waals surface area contributed by atoms with Gasteiger partial charge < -0.3 is 25.8 Å². The molecule has 1 saturated heterocycles. The molecule has 0 spiro atoms. The molecule has 3 heterocycles. The number of fused-ring (bicyclic) bond motifs is 1. The maximum Gasteiger partial charge on any atom is 0.315 e. The van der Waals surface area contributed by atoms with Crippen LogP contribution in [0, 0.1) is 0 Å². The van der Waals surface area contributed by atoms with Crippen LogP contribution in [0.1, 0.15) is 5.56 Å². The quantitative estimate of drug-likeness (QED) is 0.510. The van der Waals surface area contributed by atoms with E-state index in [0.717, 1.165) is 54.3 Å². The lowest BCUT2D eigenvalue weighted by molar-refractivity contribution is 0.241. The Morgan fingerprint density at radius 3 is 2.61 bits per heavy atom. The second kappa shape index (κ2) is 10.1. The van der Waals surface area contributed by atoms with Gasteiger partial charge in [0.25, 0.3) is 0 Å². The molecule has 1 aliphatic heterocycles. The van der Waals surface area contributed by atoms with Crippen molar-refractivity contribution < 1.29 is 4.79 Å². The Bertz CT molecular complexity index is 1000. The number of carbonyl (C=O) groups excluding carboxylic acids is 1. The Kier molecular flexibility index (Phi) is 6.78. The second-order valence-electron chi connectivity index (χ2n) is 7.74. The van der Waals surface area contributed by atoms with E-state index in [9.17, 15) is 4.79 Å². The Morgan fingerprint density at radius 2 is 1.81 bits per heavy atom. The van der Waals surface area contributed by atoms with E-state index in [-0.39, 0.29) is 6.03 Å². The summed E-state index contributed by atoms with van der Waals surface area (Å²) in [6, 6.07) is 15.8. The van der Waals surface area contributed by atoms with E-state index in [4.69, 9.17) is 0 Å². The number of aromatic nitrogens is 2. The van der Waals surface area contributed by atoms with Crippen LogP contribution in [0.5, 0.6) is 0 Å². The van der Waals surface area contributed by atoms with Gasteiger partial charge in [0.15, 0.2) is 0 Å². The number of urea groups is 1. The molecular weight excluding hydrogens is 390 g/mol. The Balaban J connectivity index is 1.15. The van der Waals surface area contributed by atoms with Crippen molar-refractivity contribution in [2.45, 2.75) is 6.54 Å². The Morgan fingerprint density at radius 1 is 0.968 bits per heavy atom. The van der Waals surface area contributed by atoms with E-state index in [2.05, 4.69) is 42.8 Å².